The van der Waals surface area contributed by atoms with Gasteiger partial charge in [-0.2, -0.15) is 0 Å². The molecule has 19 heavy (non-hydrogen) atoms. The van der Waals surface area contributed by atoms with Crippen LogP contribution in [0.4, 0.5) is 10.1 Å². The van der Waals surface area contributed by atoms with E-state index in [9.17, 15) is 4.39 Å². The number of para-hydroxylation sites is 1. The molecule has 0 bridgehead atoms. The molecule has 0 aromatic heterocycles. The molecule has 4 heteroatoms. The number of halogens is 1. The standard InChI is InChI=1S/C15H23FN2O/c1-3-18(15-7-5-4-6-13(15)16)10-12-11-19-9-8-14(12)17-2/h4-7,12,14,17H,3,8-11H2,1-2H3. The maximum Gasteiger partial charge on any atom is 0.146 e. The zero-order valence-electron chi connectivity index (χ0n) is 11.7. The SMILES string of the molecule is CCN(CC1COCCC1NC)c1ccccc1F. The molecule has 0 saturated carbocycles. The quantitative estimate of drug-likeness (QED) is 0.885. The molecule has 1 heterocycles. The first-order valence-electron chi connectivity index (χ1n) is 7.00. The number of nitrogens with one attached hydrogen (secondary N) is 1. The highest BCUT2D eigenvalue weighted by molar-refractivity contribution is 5.47. The highest BCUT2D eigenvalue weighted by Crippen LogP contribution is 2.22. The largest absolute Gasteiger partial charge is 0.381 e. The second-order valence-electron chi connectivity index (χ2n) is 5.01. The average Bonchev–Trinajstić information content (AvgIpc) is 2.46. The summed E-state index contributed by atoms with van der Waals surface area (Å²) in [5, 5.41) is 3.35. The lowest BCUT2D eigenvalue weighted by molar-refractivity contribution is 0.0367. The van der Waals surface area contributed by atoms with Crippen LogP contribution in [0.5, 0.6) is 0 Å². The summed E-state index contributed by atoms with van der Waals surface area (Å²) in [7, 11) is 1.99. The number of nitrogens with zero attached hydrogens (tertiary/aromatic N) is 1. The van der Waals surface area contributed by atoms with Crippen LogP contribution in [0.2, 0.25) is 0 Å². The monoisotopic (exact) mass is 266 g/mol. The summed E-state index contributed by atoms with van der Waals surface area (Å²) in [5.74, 6) is 0.250. The molecule has 2 atom stereocenters. The first-order valence-corrected chi connectivity index (χ1v) is 7.00. The third-order valence-corrected chi connectivity index (χ3v) is 3.87. The van der Waals surface area contributed by atoms with Crippen molar-refractivity contribution in [3.05, 3.63) is 30.1 Å². The molecule has 106 valence electrons. The van der Waals surface area contributed by atoms with Crippen LogP contribution in [-0.4, -0.2) is 39.4 Å². The Hall–Kier alpha value is -1.13. The minimum atomic E-state index is -0.151. The summed E-state index contributed by atoms with van der Waals surface area (Å²) in [6.07, 6.45) is 1.02. The smallest absolute Gasteiger partial charge is 0.146 e. The minimum absolute atomic E-state index is 0.151. The van der Waals surface area contributed by atoms with Crippen molar-refractivity contribution in [3.63, 3.8) is 0 Å². The zero-order valence-corrected chi connectivity index (χ0v) is 11.7. The Morgan fingerprint density at radius 1 is 1.42 bits per heavy atom. The number of anilines is 1. The lowest BCUT2D eigenvalue weighted by atomic mass is 9.95. The van der Waals surface area contributed by atoms with Gasteiger partial charge in [0.2, 0.25) is 0 Å². The molecule has 0 aliphatic carbocycles. The fourth-order valence-corrected chi connectivity index (χ4v) is 2.75. The predicted molar refractivity (Wildman–Crippen MR) is 76.1 cm³/mol. The number of hydrogen-bond donors (Lipinski definition) is 1. The molecule has 1 aliphatic heterocycles. The van der Waals surface area contributed by atoms with Crippen molar-refractivity contribution in [2.24, 2.45) is 5.92 Å². The highest BCUT2D eigenvalue weighted by atomic mass is 19.1. The van der Waals surface area contributed by atoms with Crippen molar-refractivity contribution < 1.29 is 9.13 Å². The third-order valence-electron chi connectivity index (χ3n) is 3.87. The van der Waals surface area contributed by atoms with Crippen LogP contribution in [0.3, 0.4) is 0 Å². The molecule has 1 N–H and O–H groups in total. The molecule has 3 nitrogen and oxygen atoms in total. The van der Waals surface area contributed by atoms with Crippen molar-refractivity contribution in [3.8, 4) is 0 Å². The normalized spacial score (nSPS) is 23.3. The van der Waals surface area contributed by atoms with E-state index in [0.717, 1.165) is 32.7 Å². The van der Waals surface area contributed by atoms with Gasteiger partial charge in [-0.1, -0.05) is 12.1 Å². The van der Waals surface area contributed by atoms with Gasteiger partial charge in [0.05, 0.1) is 12.3 Å². The number of rotatable bonds is 5. The van der Waals surface area contributed by atoms with Crippen LogP contribution < -0.4 is 10.2 Å². The summed E-state index contributed by atoms with van der Waals surface area (Å²) in [5.41, 5.74) is 0.686. The molecule has 0 spiro atoms. The number of benzene rings is 1. The third kappa shape index (κ3) is 3.45. The van der Waals surface area contributed by atoms with Gasteiger partial charge in [0.25, 0.3) is 0 Å². The van der Waals surface area contributed by atoms with E-state index in [4.69, 9.17) is 4.74 Å². The highest BCUT2D eigenvalue weighted by Gasteiger charge is 2.26. The maximum atomic E-state index is 13.9. The number of hydrogen-bond acceptors (Lipinski definition) is 3. The van der Waals surface area contributed by atoms with Crippen LogP contribution in [0, 0.1) is 11.7 Å². The molecular weight excluding hydrogens is 243 g/mol. The van der Waals surface area contributed by atoms with Gasteiger partial charge in [0, 0.05) is 31.7 Å². The van der Waals surface area contributed by atoms with Crippen molar-refractivity contribution in [2.45, 2.75) is 19.4 Å². The summed E-state index contributed by atoms with van der Waals surface area (Å²) in [6, 6.07) is 7.43. The first-order chi connectivity index (χ1) is 9.26. The topological polar surface area (TPSA) is 24.5 Å². The van der Waals surface area contributed by atoms with Crippen LogP contribution in [-0.2, 0) is 4.74 Å². The van der Waals surface area contributed by atoms with Gasteiger partial charge in [-0.25, -0.2) is 4.39 Å². The Kier molecular flexibility index (Phi) is 5.16. The molecule has 2 unspecified atom stereocenters. The van der Waals surface area contributed by atoms with Crippen LogP contribution >= 0.6 is 0 Å². The van der Waals surface area contributed by atoms with Gasteiger partial charge in [-0.3, -0.25) is 0 Å². The molecule has 1 aliphatic rings. The Labute approximate surface area is 114 Å². The molecule has 0 amide bonds. The fraction of sp³-hybridized carbons (Fsp3) is 0.600. The predicted octanol–water partition coefficient (Wildman–Crippen LogP) is 2.28. The summed E-state index contributed by atoms with van der Waals surface area (Å²) < 4.78 is 19.4. The number of ether oxygens (including phenoxy) is 1. The van der Waals surface area contributed by atoms with Gasteiger partial charge < -0.3 is 15.0 Å². The fourth-order valence-electron chi connectivity index (χ4n) is 2.75. The van der Waals surface area contributed by atoms with E-state index in [1.807, 2.05) is 19.2 Å². The second-order valence-corrected chi connectivity index (χ2v) is 5.01. The first kappa shape index (κ1) is 14.3. The molecule has 0 radical (unpaired) electrons. The van der Waals surface area contributed by atoms with E-state index >= 15 is 0 Å². The lowest BCUT2D eigenvalue weighted by Crippen LogP contribution is -2.46. The zero-order chi connectivity index (χ0) is 13.7. The maximum absolute atomic E-state index is 13.9. The van der Waals surface area contributed by atoms with E-state index in [2.05, 4.69) is 17.1 Å². The Bertz CT molecular complexity index is 399. The lowest BCUT2D eigenvalue weighted by Gasteiger charge is -2.36. The Balaban J connectivity index is 2.08. The van der Waals surface area contributed by atoms with Gasteiger partial charge in [-0.15, -0.1) is 0 Å². The second kappa shape index (κ2) is 6.87. The van der Waals surface area contributed by atoms with Crippen LogP contribution in [0.15, 0.2) is 24.3 Å². The Morgan fingerprint density at radius 3 is 2.89 bits per heavy atom. The van der Waals surface area contributed by atoms with E-state index in [-0.39, 0.29) is 5.82 Å². The van der Waals surface area contributed by atoms with Gasteiger partial charge in [0.1, 0.15) is 5.82 Å². The molecule has 1 aromatic rings. The van der Waals surface area contributed by atoms with Crippen molar-refractivity contribution in [2.75, 3.05) is 38.3 Å². The van der Waals surface area contributed by atoms with Gasteiger partial charge >= 0.3 is 0 Å². The minimum Gasteiger partial charge on any atom is -0.381 e. The summed E-state index contributed by atoms with van der Waals surface area (Å²) in [6.45, 7) is 5.24. The van der Waals surface area contributed by atoms with Crippen molar-refractivity contribution in [1.82, 2.24) is 5.32 Å². The summed E-state index contributed by atoms with van der Waals surface area (Å²) >= 11 is 0. The van der Waals surface area contributed by atoms with Crippen molar-refractivity contribution >= 4 is 5.69 Å². The van der Waals surface area contributed by atoms with Crippen LogP contribution in [0.25, 0.3) is 0 Å². The van der Waals surface area contributed by atoms with E-state index < -0.39 is 0 Å². The van der Waals surface area contributed by atoms with Crippen LogP contribution in [0.1, 0.15) is 13.3 Å². The van der Waals surface area contributed by atoms with E-state index in [1.165, 1.54) is 6.07 Å². The summed E-state index contributed by atoms with van der Waals surface area (Å²) in [4.78, 5) is 2.10. The van der Waals surface area contributed by atoms with E-state index in [0.29, 0.717) is 17.6 Å². The molecular formula is C15H23FN2O. The van der Waals surface area contributed by atoms with Gasteiger partial charge in [0.15, 0.2) is 0 Å². The molecule has 1 fully saturated rings. The van der Waals surface area contributed by atoms with E-state index in [1.54, 1.807) is 6.07 Å². The molecule has 1 aromatic carbocycles. The average molecular weight is 266 g/mol. The van der Waals surface area contributed by atoms with Crippen molar-refractivity contribution in [1.29, 1.82) is 0 Å². The Morgan fingerprint density at radius 2 is 2.21 bits per heavy atom. The molecule has 2 rings (SSSR count). The van der Waals surface area contributed by atoms with Gasteiger partial charge in [-0.05, 0) is 32.5 Å². The molecule has 1 saturated heterocycles.